The van der Waals surface area contributed by atoms with E-state index in [9.17, 15) is 9.59 Å². The van der Waals surface area contributed by atoms with Crippen LogP contribution in [0.1, 0.15) is 37.0 Å². The van der Waals surface area contributed by atoms with Crippen LogP contribution < -0.4 is 5.32 Å². The summed E-state index contributed by atoms with van der Waals surface area (Å²) in [5.41, 5.74) is 2.87. The maximum atomic E-state index is 13.6. The largest absolute Gasteiger partial charge is 0.354 e. The van der Waals surface area contributed by atoms with Gasteiger partial charge < -0.3 is 10.2 Å². The molecule has 0 saturated carbocycles. The van der Waals surface area contributed by atoms with Crippen molar-refractivity contribution < 1.29 is 9.59 Å². The summed E-state index contributed by atoms with van der Waals surface area (Å²) in [7, 11) is 0. The Morgan fingerprint density at radius 2 is 1.41 bits per heavy atom. The van der Waals surface area contributed by atoms with Gasteiger partial charge in [0.1, 0.15) is 6.04 Å². The van der Waals surface area contributed by atoms with Crippen molar-refractivity contribution in [1.82, 2.24) is 10.2 Å². The van der Waals surface area contributed by atoms with E-state index in [1.807, 2.05) is 72.8 Å². The lowest BCUT2D eigenvalue weighted by molar-refractivity contribution is -0.140. The van der Waals surface area contributed by atoms with Crippen molar-refractivity contribution in [2.24, 2.45) is 5.92 Å². The molecule has 0 aliphatic carbocycles. The molecule has 0 aromatic heterocycles. The van der Waals surface area contributed by atoms with Crippen LogP contribution in [0.5, 0.6) is 0 Å². The smallest absolute Gasteiger partial charge is 0.243 e. The van der Waals surface area contributed by atoms with Gasteiger partial charge in [-0.25, -0.2) is 0 Å². The van der Waals surface area contributed by atoms with Gasteiger partial charge in [-0.1, -0.05) is 98.2 Å². The highest BCUT2D eigenvalue weighted by molar-refractivity contribution is 6.30. The summed E-state index contributed by atoms with van der Waals surface area (Å²) in [4.78, 5) is 28.8. The van der Waals surface area contributed by atoms with E-state index in [0.717, 1.165) is 23.1 Å². The molecular formula is C29H33ClN2O2. The third-order valence-corrected chi connectivity index (χ3v) is 6.01. The molecule has 0 aliphatic rings. The van der Waals surface area contributed by atoms with Gasteiger partial charge in [0, 0.05) is 24.5 Å². The van der Waals surface area contributed by atoms with Gasteiger partial charge in [0.05, 0.1) is 6.42 Å². The molecule has 0 aliphatic heterocycles. The van der Waals surface area contributed by atoms with Crippen LogP contribution in [0, 0.1) is 5.92 Å². The molecule has 0 saturated heterocycles. The van der Waals surface area contributed by atoms with Crippen molar-refractivity contribution in [3.8, 4) is 0 Å². The van der Waals surface area contributed by atoms with Crippen LogP contribution in [-0.2, 0) is 29.0 Å². The molecule has 0 radical (unpaired) electrons. The molecule has 178 valence electrons. The number of halogens is 1. The molecule has 34 heavy (non-hydrogen) atoms. The van der Waals surface area contributed by atoms with E-state index in [0.29, 0.717) is 30.5 Å². The third kappa shape index (κ3) is 8.03. The second-order valence-corrected chi connectivity index (χ2v) is 9.43. The van der Waals surface area contributed by atoms with E-state index >= 15 is 0 Å². The molecule has 0 fully saturated rings. The zero-order valence-electron chi connectivity index (χ0n) is 19.9. The van der Waals surface area contributed by atoms with Crippen LogP contribution in [0.25, 0.3) is 0 Å². The minimum Gasteiger partial charge on any atom is -0.354 e. The average molecular weight is 477 g/mol. The zero-order valence-corrected chi connectivity index (χ0v) is 20.7. The number of carbonyl (C=O) groups is 2. The van der Waals surface area contributed by atoms with Gasteiger partial charge in [-0.05, 0) is 41.2 Å². The normalized spacial score (nSPS) is 11.8. The fourth-order valence-electron chi connectivity index (χ4n) is 3.81. The van der Waals surface area contributed by atoms with Gasteiger partial charge in [-0.3, -0.25) is 9.59 Å². The Morgan fingerprint density at radius 3 is 2.00 bits per heavy atom. The predicted molar refractivity (Wildman–Crippen MR) is 139 cm³/mol. The first-order valence-corrected chi connectivity index (χ1v) is 12.2. The standard InChI is InChI=1S/C29H33ClN2O2/c1-22(2)17-18-31-29(34)27(19-23-9-5-3-6-10-23)32(21-25-11-7-4-8-12-25)28(33)20-24-13-15-26(30)16-14-24/h3-16,22,27H,17-21H2,1-2H3,(H,31,34)/t27-/m0/s1. The lowest BCUT2D eigenvalue weighted by Gasteiger charge is -2.32. The van der Waals surface area contributed by atoms with Crippen molar-refractivity contribution in [1.29, 1.82) is 0 Å². The molecule has 4 nitrogen and oxygen atoms in total. The number of nitrogens with one attached hydrogen (secondary N) is 1. The van der Waals surface area contributed by atoms with Gasteiger partial charge >= 0.3 is 0 Å². The topological polar surface area (TPSA) is 49.4 Å². The van der Waals surface area contributed by atoms with Crippen LogP contribution in [0.15, 0.2) is 84.9 Å². The lowest BCUT2D eigenvalue weighted by atomic mass is 10.0. The first-order valence-electron chi connectivity index (χ1n) is 11.8. The molecule has 0 bridgehead atoms. The Balaban J connectivity index is 1.90. The minimum absolute atomic E-state index is 0.0916. The van der Waals surface area contributed by atoms with Crippen LogP contribution in [0.2, 0.25) is 5.02 Å². The van der Waals surface area contributed by atoms with Gasteiger partial charge in [-0.2, -0.15) is 0 Å². The fraction of sp³-hybridized carbons (Fsp3) is 0.310. The molecule has 2 amide bonds. The summed E-state index contributed by atoms with van der Waals surface area (Å²) in [5, 5.41) is 3.71. The van der Waals surface area contributed by atoms with Crippen molar-refractivity contribution in [2.45, 2.75) is 45.7 Å². The van der Waals surface area contributed by atoms with Crippen LogP contribution >= 0.6 is 11.6 Å². The number of hydrogen-bond donors (Lipinski definition) is 1. The summed E-state index contributed by atoms with van der Waals surface area (Å²) < 4.78 is 0. The Hall–Kier alpha value is -3.11. The number of amides is 2. The third-order valence-electron chi connectivity index (χ3n) is 5.76. The molecular weight excluding hydrogens is 444 g/mol. The molecule has 5 heteroatoms. The number of hydrogen-bond acceptors (Lipinski definition) is 2. The predicted octanol–water partition coefficient (Wildman–Crippen LogP) is 5.68. The second-order valence-electron chi connectivity index (χ2n) is 8.99. The second kappa shape index (κ2) is 13.0. The highest BCUT2D eigenvalue weighted by atomic mass is 35.5. The highest BCUT2D eigenvalue weighted by Crippen LogP contribution is 2.18. The number of benzene rings is 3. The van der Waals surface area contributed by atoms with Gasteiger partial charge in [0.2, 0.25) is 11.8 Å². The monoisotopic (exact) mass is 476 g/mol. The van der Waals surface area contributed by atoms with Gasteiger partial charge in [-0.15, -0.1) is 0 Å². The number of rotatable bonds is 11. The van der Waals surface area contributed by atoms with Gasteiger partial charge in [0.25, 0.3) is 0 Å². The molecule has 1 atom stereocenters. The Labute approximate surface area is 207 Å². The summed E-state index contributed by atoms with van der Waals surface area (Å²) in [6.07, 6.45) is 1.54. The molecule has 3 rings (SSSR count). The van der Waals surface area contributed by atoms with E-state index in [4.69, 9.17) is 11.6 Å². The summed E-state index contributed by atoms with van der Waals surface area (Å²) >= 11 is 6.02. The number of carbonyl (C=O) groups excluding carboxylic acids is 2. The minimum atomic E-state index is -0.616. The Morgan fingerprint density at radius 1 is 0.824 bits per heavy atom. The fourth-order valence-corrected chi connectivity index (χ4v) is 3.94. The van der Waals surface area contributed by atoms with Crippen molar-refractivity contribution >= 4 is 23.4 Å². The van der Waals surface area contributed by atoms with E-state index < -0.39 is 6.04 Å². The quantitative estimate of drug-likeness (QED) is 0.386. The van der Waals surface area contributed by atoms with Crippen molar-refractivity contribution in [3.63, 3.8) is 0 Å². The Bertz CT molecular complexity index is 1040. The highest BCUT2D eigenvalue weighted by Gasteiger charge is 2.30. The van der Waals surface area contributed by atoms with Crippen LogP contribution in [0.3, 0.4) is 0 Å². The molecule has 0 unspecified atom stereocenters. The molecule has 0 heterocycles. The van der Waals surface area contributed by atoms with Crippen LogP contribution in [-0.4, -0.2) is 29.3 Å². The summed E-state index contributed by atoms with van der Waals surface area (Å²) in [5.74, 6) is 0.274. The Kier molecular flexibility index (Phi) is 9.72. The van der Waals surface area contributed by atoms with Crippen LogP contribution in [0.4, 0.5) is 0 Å². The van der Waals surface area contributed by atoms with Crippen molar-refractivity contribution in [2.75, 3.05) is 6.54 Å². The zero-order chi connectivity index (χ0) is 24.3. The first kappa shape index (κ1) is 25.5. The molecule has 1 N–H and O–H groups in total. The molecule has 0 spiro atoms. The van der Waals surface area contributed by atoms with E-state index in [2.05, 4.69) is 19.2 Å². The summed E-state index contributed by atoms with van der Waals surface area (Å²) in [6, 6.07) is 26.4. The van der Waals surface area contributed by atoms with E-state index in [1.165, 1.54) is 0 Å². The van der Waals surface area contributed by atoms with Crippen molar-refractivity contribution in [3.05, 3.63) is 107 Å². The first-order chi connectivity index (χ1) is 16.4. The SMILES string of the molecule is CC(C)CCNC(=O)[C@H](Cc1ccccc1)N(Cc1ccccc1)C(=O)Cc1ccc(Cl)cc1. The van der Waals surface area contributed by atoms with E-state index in [-0.39, 0.29) is 18.2 Å². The van der Waals surface area contributed by atoms with Gasteiger partial charge in [0.15, 0.2) is 0 Å². The maximum Gasteiger partial charge on any atom is 0.243 e. The summed E-state index contributed by atoms with van der Waals surface area (Å²) in [6.45, 7) is 5.21. The number of nitrogens with zero attached hydrogens (tertiary/aromatic N) is 1. The van der Waals surface area contributed by atoms with E-state index in [1.54, 1.807) is 17.0 Å². The lowest BCUT2D eigenvalue weighted by Crippen LogP contribution is -2.51. The molecule has 3 aromatic rings. The maximum absolute atomic E-state index is 13.6. The average Bonchev–Trinajstić information content (AvgIpc) is 2.83. The molecule has 3 aromatic carbocycles.